The van der Waals surface area contributed by atoms with E-state index >= 15 is 0 Å². The fourth-order valence-electron chi connectivity index (χ4n) is 3.00. The van der Waals surface area contributed by atoms with E-state index in [2.05, 4.69) is 23.7 Å². The number of likely N-dealkylation sites (N-methyl/N-ethyl adjacent to an activating group) is 1. The Kier molecular flexibility index (Phi) is 4.82. The maximum absolute atomic E-state index is 12.8. The summed E-state index contributed by atoms with van der Waals surface area (Å²) in [6.45, 7) is 8.75. The fourth-order valence-corrected chi connectivity index (χ4v) is 4.08. The van der Waals surface area contributed by atoms with Crippen LogP contribution in [0, 0.1) is 0 Å². The summed E-state index contributed by atoms with van der Waals surface area (Å²) in [5, 5.41) is 0.908. The molecule has 0 saturated carbocycles. The average molecular weight is 332 g/mol. The van der Waals surface area contributed by atoms with Crippen molar-refractivity contribution >= 4 is 33.1 Å². The molecule has 23 heavy (non-hydrogen) atoms. The van der Waals surface area contributed by atoms with E-state index in [1.807, 2.05) is 17.0 Å². The zero-order valence-electron chi connectivity index (χ0n) is 13.8. The van der Waals surface area contributed by atoms with Crippen LogP contribution in [0.25, 0.3) is 10.2 Å². The number of aryl methyl sites for hydroxylation is 1. The van der Waals surface area contributed by atoms with Gasteiger partial charge in [-0.15, -0.1) is 11.3 Å². The number of pyridine rings is 1. The molecule has 0 radical (unpaired) electrons. The zero-order valence-corrected chi connectivity index (χ0v) is 14.7. The first-order valence-corrected chi connectivity index (χ1v) is 9.15. The number of nitrogens with zero attached hydrogens (tertiary/aromatic N) is 3. The first-order chi connectivity index (χ1) is 11.1. The molecule has 1 amide bonds. The molecule has 5 nitrogen and oxygen atoms in total. The minimum absolute atomic E-state index is 0.0540. The number of nitrogen functional groups attached to an aromatic ring is 1. The van der Waals surface area contributed by atoms with Crippen LogP contribution < -0.4 is 5.73 Å². The van der Waals surface area contributed by atoms with E-state index in [9.17, 15) is 4.79 Å². The number of thiophene rings is 1. The van der Waals surface area contributed by atoms with Gasteiger partial charge in [0.05, 0.1) is 5.69 Å². The zero-order chi connectivity index (χ0) is 16.4. The summed E-state index contributed by atoms with van der Waals surface area (Å²) >= 11 is 1.43. The molecule has 1 fully saturated rings. The molecule has 0 atom stereocenters. The third-order valence-corrected chi connectivity index (χ3v) is 5.56. The van der Waals surface area contributed by atoms with Crippen molar-refractivity contribution in [2.75, 3.05) is 38.5 Å². The average Bonchev–Trinajstić information content (AvgIpc) is 2.91. The predicted octanol–water partition coefficient (Wildman–Crippen LogP) is 2.61. The van der Waals surface area contributed by atoms with Crippen molar-refractivity contribution in [1.29, 1.82) is 0 Å². The first-order valence-electron chi connectivity index (χ1n) is 8.33. The number of carbonyl (C=O) groups excluding carboxylic acids is 1. The second-order valence-electron chi connectivity index (χ2n) is 5.98. The molecule has 0 aromatic carbocycles. The van der Waals surface area contributed by atoms with Crippen LogP contribution in [-0.2, 0) is 6.42 Å². The lowest BCUT2D eigenvalue weighted by Gasteiger charge is -2.33. The fraction of sp³-hybridized carbons (Fsp3) is 0.529. The molecule has 0 aliphatic carbocycles. The molecule has 2 aromatic heterocycles. The molecule has 2 aromatic rings. The van der Waals surface area contributed by atoms with Gasteiger partial charge in [-0.05, 0) is 25.1 Å². The highest BCUT2D eigenvalue weighted by Gasteiger charge is 2.25. The van der Waals surface area contributed by atoms with Crippen LogP contribution in [0.15, 0.2) is 12.1 Å². The Balaban J connectivity index is 1.84. The second-order valence-corrected chi connectivity index (χ2v) is 6.98. The Bertz CT molecular complexity index is 704. The lowest BCUT2D eigenvalue weighted by atomic mass is 10.2. The lowest BCUT2D eigenvalue weighted by molar-refractivity contribution is 0.0649. The number of anilines is 1. The molecule has 124 valence electrons. The van der Waals surface area contributed by atoms with Crippen molar-refractivity contribution in [2.45, 2.75) is 26.7 Å². The lowest BCUT2D eigenvalue weighted by Crippen LogP contribution is -2.48. The molecule has 0 bridgehead atoms. The van der Waals surface area contributed by atoms with E-state index in [4.69, 9.17) is 5.73 Å². The van der Waals surface area contributed by atoms with Crippen molar-refractivity contribution in [3.05, 3.63) is 22.7 Å². The molecular weight excluding hydrogens is 308 g/mol. The third-order valence-electron chi connectivity index (χ3n) is 4.46. The largest absolute Gasteiger partial charge is 0.397 e. The number of carbonyl (C=O) groups is 1. The number of amides is 1. The van der Waals surface area contributed by atoms with Crippen LogP contribution in [0.4, 0.5) is 5.69 Å². The van der Waals surface area contributed by atoms with Gasteiger partial charge < -0.3 is 15.5 Å². The van der Waals surface area contributed by atoms with E-state index in [0.29, 0.717) is 10.6 Å². The highest BCUT2D eigenvalue weighted by Crippen LogP contribution is 2.33. The van der Waals surface area contributed by atoms with E-state index in [1.165, 1.54) is 11.3 Å². The Morgan fingerprint density at radius 2 is 2.00 bits per heavy atom. The maximum atomic E-state index is 12.8. The minimum Gasteiger partial charge on any atom is -0.397 e. The molecule has 3 rings (SSSR count). The molecule has 3 heterocycles. The number of hydrogen-bond donors (Lipinski definition) is 1. The Morgan fingerprint density at radius 1 is 1.26 bits per heavy atom. The number of hydrogen-bond acceptors (Lipinski definition) is 5. The molecule has 1 aliphatic heterocycles. The van der Waals surface area contributed by atoms with Gasteiger partial charge in [0.15, 0.2) is 0 Å². The summed E-state index contributed by atoms with van der Waals surface area (Å²) in [6.07, 6.45) is 2.02. The van der Waals surface area contributed by atoms with Crippen LogP contribution in [0.1, 0.15) is 35.6 Å². The molecule has 6 heteroatoms. The summed E-state index contributed by atoms with van der Waals surface area (Å²) < 4.78 is 0. The Labute approximate surface area is 141 Å². The normalized spacial score (nSPS) is 16.2. The van der Waals surface area contributed by atoms with Gasteiger partial charge in [0.1, 0.15) is 9.71 Å². The van der Waals surface area contributed by atoms with Gasteiger partial charge in [0.2, 0.25) is 0 Å². The van der Waals surface area contributed by atoms with Crippen LogP contribution in [0.2, 0.25) is 0 Å². The Hall–Kier alpha value is -1.66. The van der Waals surface area contributed by atoms with Gasteiger partial charge in [0, 0.05) is 37.3 Å². The van der Waals surface area contributed by atoms with Gasteiger partial charge in [-0.2, -0.15) is 0 Å². The van der Waals surface area contributed by atoms with E-state index in [0.717, 1.165) is 61.5 Å². The summed E-state index contributed by atoms with van der Waals surface area (Å²) in [6, 6.07) is 4.02. The van der Waals surface area contributed by atoms with Crippen molar-refractivity contribution in [3.63, 3.8) is 0 Å². The molecule has 1 saturated heterocycles. The van der Waals surface area contributed by atoms with Crippen LogP contribution in [0.3, 0.4) is 0 Å². The molecule has 1 aliphatic rings. The number of rotatable bonds is 4. The quantitative estimate of drug-likeness (QED) is 0.935. The van der Waals surface area contributed by atoms with Gasteiger partial charge in [-0.25, -0.2) is 4.98 Å². The smallest absolute Gasteiger partial charge is 0.266 e. The number of fused-ring (bicyclic) bond motifs is 1. The molecule has 0 spiro atoms. The van der Waals surface area contributed by atoms with Gasteiger partial charge >= 0.3 is 0 Å². The van der Waals surface area contributed by atoms with Crippen molar-refractivity contribution in [2.24, 2.45) is 0 Å². The summed E-state index contributed by atoms with van der Waals surface area (Å²) in [4.78, 5) is 23.3. The summed E-state index contributed by atoms with van der Waals surface area (Å²) in [5.41, 5.74) is 7.89. The summed E-state index contributed by atoms with van der Waals surface area (Å²) in [5.74, 6) is 0.0540. The summed E-state index contributed by atoms with van der Waals surface area (Å²) in [7, 11) is 0. The molecule has 2 N–H and O–H groups in total. The standard InChI is InChI=1S/C17H24N4OS/c1-3-5-12-6-7-13-14(18)15(23-16(13)19-12)17(22)21-10-8-20(4-2)9-11-21/h6-7H,3-5,8-11,18H2,1-2H3. The SMILES string of the molecule is CCCc1ccc2c(N)c(C(=O)N3CCN(CC)CC3)sc2n1. The minimum atomic E-state index is 0.0540. The number of piperazine rings is 1. The Morgan fingerprint density at radius 3 is 2.65 bits per heavy atom. The number of nitrogens with two attached hydrogens (primary N) is 1. The molecule has 0 unspecified atom stereocenters. The van der Waals surface area contributed by atoms with Gasteiger partial charge in [-0.3, -0.25) is 4.79 Å². The molecular formula is C17H24N4OS. The van der Waals surface area contributed by atoms with Crippen molar-refractivity contribution in [1.82, 2.24) is 14.8 Å². The monoisotopic (exact) mass is 332 g/mol. The van der Waals surface area contributed by atoms with Crippen LogP contribution in [0.5, 0.6) is 0 Å². The predicted molar refractivity (Wildman–Crippen MR) is 96.0 cm³/mol. The van der Waals surface area contributed by atoms with E-state index in [1.54, 1.807) is 0 Å². The first kappa shape index (κ1) is 16.2. The highest BCUT2D eigenvalue weighted by atomic mass is 32.1. The topological polar surface area (TPSA) is 62.5 Å². The van der Waals surface area contributed by atoms with Crippen LogP contribution in [-0.4, -0.2) is 53.4 Å². The number of aromatic nitrogens is 1. The van der Waals surface area contributed by atoms with Gasteiger partial charge in [0.25, 0.3) is 5.91 Å². The van der Waals surface area contributed by atoms with Gasteiger partial charge in [-0.1, -0.05) is 20.3 Å². The maximum Gasteiger partial charge on any atom is 0.266 e. The van der Waals surface area contributed by atoms with E-state index in [-0.39, 0.29) is 5.91 Å². The van der Waals surface area contributed by atoms with Crippen molar-refractivity contribution in [3.8, 4) is 0 Å². The van der Waals surface area contributed by atoms with E-state index < -0.39 is 0 Å². The third kappa shape index (κ3) is 3.19. The van der Waals surface area contributed by atoms with Crippen molar-refractivity contribution < 1.29 is 4.79 Å². The van der Waals surface area contributed by atoms with Crippen LogP contribution >= 0.6 is 11.3 Å². The highest BCUT2D eigenvalue weighted by molar-refractivity contribution is 7.21. The second kappa shape index (κ2) is 6.84.